The van der Waals surface area contributed by atoms with Gasteiger partial charge in [-0.05, 0) is 42.0 Å². The number of hydrogen-bond acceptors (Lipinski definition) is 3. The molecule has 0 saturated carbocycles. The SMILES string of the molecule is CCSc1ncccc1C(=O)Nc1ccc(CC)cc1. The van der Waals surface area contributed by atoms with E-state index in [9.17, 15) is 4.79 Å². The van der Waals surface area contributed by atoms with Crippen molar-refractivity contribution in [3.05, 3.63) is 53.7 Å². The molecule has 2 rings (SSSR count). The molecule has 0 aliphatic rings. The van der Waals surface area contributed by atoms with E-state index in [1.807, 2.05) is 31.2 Å². The van der Waals surface area contributed by atoms with E-state index < -0.39 is 0 Å². The minimum atomic E-state index is -0.113. The third-order valence-electron chi connectivity index (χ3n) is 2.92. The Bertz CT molecular complexity index is 581. The average molecular weight is 286 g/mol. The van der Waals surface area contributed by atoms with Crippen molar-refractivity contribution in [1.82, 2.24) is 4.98 Å². The molecule has 0 aliphatic heterocycles. The molecule has 0 saturated heterocycles. The van der Waals surface area contributed by atoms with E-state index in [2.05, 4.69) is 17.2 Å². The number of benzene rings is 1. The Hall–Kier alpha value is -1.81. The number of hydrogen-bond donors (Lipinski definition) is 1. The minimum Gasteiger partial charge on any atom is -0.322 e. The van der Waals surface area contributed by atoms with Gasteiger partial charge in [-0.1, -0.05) is 26.0 Å². The molecule has 1 N–H and O–H groups in total. The monoisotopic (exact) mass is 286 g/mol. The van der Waals surface area contributed by atoms with E-state index in [0.717, 1.165) is 22.9 Å². The molecule has 1 amide bonds. The van der Waals surface area contributed by atoms with E-state index in [4.69, 9.17) is 0 Å². The van der Waals surface area contributed by atoms with E-state index in [0.29, 0.717) is 5.56 Å². The third kappa shape index (κ3) is 3.61. The number of rotatable bonds is 5. The fourth-order valence-electron chi connectivity index (χ4n) is 1.84. The Morgan fingerprint density at radius 3 is 2.60 bits per heavy atom. The van der Waals surface area contributed by atoms with Gasteiger partial charge in [-0.25, -0.2) is 4.98 Å². The number of carbonyl (C=O) groups is 1. The zero-order chi connectivity index (χ0) is 14.4. The molecule has 1 aromatic heterocycles. The zero-order valence-corrected chi connectivity index (χ0v) is 12.5. The standard InChI is InChI=1S/C16H18N2OS/c1-3-12-7-9-13(10-8-12)18-15(19)14-6-5-11-17-16(14)20-4-2/h5-11H,3-4H2,1-2H3,(H,18,19). The number of aryl methyl sites for hydroxylation is 1. The van der Waals surface area contributed by atoms with Gasteiger partial charge in [-0.3, -0.25) is 4.79 Å². The van der Waals surface area contributed by atoms with Gasteiger partial charge in [-0.15, -0.1) is 11.8 Å². The molecule has 0 unspecified atom stereocenters. The van der Waals surface area contributed by atoms with Crippen LogP contribution in [0.15, 0.2) is 47.6 Å². The molecule has 4 heteroatoms. The van der Waals surface area contributed by atoms with Crippen LogP contribution in [-0.4, -0.2) is 16.6 Å². The van der Waals surface area contributed by atoms with Crippen LogP contribution in [0.4, 0.5) is 5.69 Å². The summed E-state index contributed by atoms with van der Waals surface area (Å²) in [6.45, 7) is 4.15. The summed E-state index contributed by atoms with van der Waals surface area (Å²) in [5, 5.41) is 3.69. The van der Waals surface area contributed by atoms with Crippen molar-refractivity contribution in [2.75, 3.05) is 11.1 Å². The predicted molar refractivity (Wildman–Crippen MR) is 84.4 cm³/mol. The molecule has 104 valence electrons. The van der Waals surface area contributed by atoms with E-state index in [-0.39, 0.29) is 5.91 Å². The highest BCUT2D eigenvalue weighted by Gasteiger charge is 2.12. The normalized spacial score (nSPS) is 10.3. The molecule has 20 heavy (non-hydrogen) atoms. The first kappa shape index (κ1) is 14.6. The number of thioether (sulfide) groups is 1. The molecule has 1 heterocycles. The van der Waals surface area contributed by atoms with Crippen LogP contribution in [0.5, 0.6) is 0 Å². The fourth-order valence-corrected chi connectivity index (χ4v) is 2.56. The summed E-state index contributed by atoms with van der Waals surface area (Å²) in [7, 11) is 0. The van der Waals surface area contributed by atoms with Crippen molar-refractivity contribution in [3.8, 4) is 0 Å². The molecule has 0 bridgehead atoms. The average Bonchev–Trinajstić information content (AvgIpc) is 2.49. The number of carbonyl (C=O) groups excluding carboxylic acids is 1. The second-order valence-corrected chi connectivity index (χ2v) is 5.55. The van der Waals surface area contributed by atoms with Crippen molar-refractivity contribution >= 4 is 23.4 Å². The lowest BCUT2D eigenvalue weighted by molar-refractivity contribution is 0.102. The van der Waals surface area contributed by atoms with Crippen LogP contribution >= 0.6 is 11.8 Å². The lowest BCUT2D eigenvalue weighted by atomic mass is 10.1. The Morgan fingerprint density at radius 2 is 1.95 bits per heavy atom. The summed E-state index contributed by atoms with van der Waals surface area (Å²) in [5.41, 5.74) is 2.69. The predicted octanol–water partition coefficient (Wildman–Crippen LogP) is 4.01. The fraction of sp³-hybridized carbons (Fsp3) is 0.250. The molecule has 0 spiro atoms. The summed E-state index contributed by atoms with van der Waals surface area (Å²) in [6, 6.07) is 11.5. The number of anilines is 1. The van der Waals surface area contributed by atoms with Crippen molar-refractivity contribution < 1.29 is 4.79 Å². The van der Waals surface area contributed by atoms with Crippen LogP contribution in [0.1, 0.15) is 29.8 Å². The Kier molecular flexibility index (Phi) is 5.18. The highest BCUT2D eigenvalue weighted by atomic mass is 32.2. The number of amides is 1. The lowest BCUT2D eigenvalue weighted by Crippen LogP contribution is -2.13. The van der Waals surface area contributed by atoms with Crippen molar-refractivity contribution in [3.63, 3.8) is 0 Å². The summed E-state index contributed by atoms with van der Waals surface area (Å²) >= 11 is 1.57. The van der Waals surface area contributed by atoms with Crippen LogP contribution in [0.2, 0.25) is 0 Å². The van der Waals surface area contributed by atoms with Gasteiger partial charge in [0.2, 0.25) is 0 Å². The van der Waals surface area contributed by atoms with Crippen molar-refractivity contribution in [2.45, 2.75) is 25.3 Å². The van der Waals surface area contributed by atoms with Crippen LogP contribution in [0, 0.1) is 0 Å². The Balaban J connectivity index is 2.15. The largest absolute Gasteiger partial charge is 0.322 e. The van der Waals surface area contributed by atoms with Gasteiger partial charge in [0.25, 0.3) is 5.91 Å². The summed E-state index contributed by atoms with van der Waals surface area (Å²) in [5.74, 6) is 0.779. The molecule has 1 aromatic carbocycles. The molecule has 0 fully saturated rings. The first-order valence-electron chi connectivity index (χ1n) is 6.72. The summed E-state index contributed by atoms with van der Waals surface area (Å²) < 4.78 is 0. The van der Waals surface area contributed by atoms with E-state index in [1.165, 1.54) is 5.56 Å². The Labute approximate surface area is 123 Å². The minimum absolute atomic E-state index is 0.113. The molecular formula is C16H18N2OS. The highest BCUT2D eigenvalue weighted by molar-refractivity contribution is 7.99. The topological polar surface area (TPSA) is 42.0 Å². The van der Waals surface area contributed by atoms with Crippen LogP contribution < -0.4 is 5.32 Å². The number of aromatic nitrogens is 1. The maximum absolute atomic E-state index is 12.3. The molecule has 0 atom stereocenters. The third-order valence-corrected chi connectivity index (χ3v) is 3.80. The molecule has 0 aliphatic carbocycles. The van der Waals surface area contributed by atoms with Gasteiger partial charge in [0, 0.05) is 11.9 Å². The van der Waals surface area contributed by atoms with Gasteiger partial charge in [0.15, 0.2) is 0 Å². The van der Waals surface area contributed by atoms with Crippen molar-refractivity contribution in [1.29, 1.82) is 0 Å². The van der Waals surface area contributed by atoms with Crippen LogP contribution in [0.25, 0.3) is 0 Å². The Morgan fingerprint density at radius 1 is 1.20 bits per heavy atom. The van der Waals surface area contributed by atoms with Gasteiger partial charge in [-0.2, -0.15) is 0 Å². The summed E-state index contributed by atoms with van der Waals surface area (Å²) in [4.78, 5) is 16.6. The molecule has 0 radical (unpaired) electrons. The molecule has 3 nitrogen and oxygen atoms in total. The second kappa shape index (κ2) is 7.10. The number of pyridine rings is 1. The van der Waals surface area contributed by atoms with Gasteiger partial charge in [0.1, 0.15) is 5.03 Å². The summed E-state index contributed by atoms with van der Waals surface area (Å²) in [6.07, 6.45) is 2.71. The molecule has 2 aromatic rings. The maximum Gasteiger partial charge on any atom is 0.258 e. The first-order valence-corrected chi connectivity index (χ1v) is 7.71. The van der Waals surface area contributed by atoms with Crippen LogP contribution in [-0.2, 0) is 6.42 Å². The van der Waals surface area contributed by atoms with Gasteiger partial charge < -0.3 is 5.32 Å². The van der Waals surface area contributed by atoms with E-state index >= 15 is 0 Å². The zero-order valence-electron chi connectivity index (χ0n) is 11.7. The maximum atomic E-state index is 12.3. The van der Waals surface area contributed by atoms with Crippen LogP contribution in [0.3, 0.4) is 0 Å². The lowest BCUT2D eigenvalue weighted by Gasteiger charge is -2.08. The molecular weight excluding hydrogens is 268 g/mol. The van der Waals surface area contributed by atoms with E-state index in [1.54, 1.807) is 30.1 Å². The van der Waals surface area contributed by atoms with Gasteiger partial charge >= 0.3 is 0 Å². The smallest absolute Gasteiger partial charge is 0.258 e. The number of nitrogens with zero attached hydrogens (tertiary/aromatic N) is 1. The highest BCUT2D eigenvalue weighted by Crippen LogP contribution is 2.20. The second-order valence-electron chi connectivity index (χ2n) is 4.29. The van der Waals surface area contributed by atoms with Crippen molar-refractivity contribution in [2.24, 2.45) is 0 Å². The van der Waals surface area contributed by atoms with Gasteiger partial charge in [0.05, 0.1) is 5.56 Å². The quantitative estimate of drug-likeness (QED) is 0.844. The first-order chi connectivity index (χ1) is 9.74. The number of nitrogens with one attached hydrogen (secondary N) is 1.